The van der Waals surface area contributed by atoms with Crippen molar-refractivity contribution in [3.05, 3.63) is 0 Å². The third-order valence-electron chi connectivity index (χ3n) is 4.70. The smallest absolute Gasteiger partial charge is 0.548 e. The van der Waals surface area contributed by atoms with Crippen LogP contribution >= 0.6 is 0 Å². The largest absolute Gasteiger partial charge is 1.00 e. The maximum atomic E-state index is 10.4. The fourth-order valence-corrected chi connectivity index (χ4v) is 2.48. The van der Waals surface area contributed by atoms with Crippen LogP contribution in [0.25, 0.3) is 0 Å². The predicted octanol–water partition coefficient (Wildman–Crippen LogP) is -16.2. The quantitative estimate of drug-likeness (QED) is 0.0731. The predicted molar refractivity (Wildman–Crippen MR) is 124 cm³/mol. The van der Waals surface area contributed by atoms with Gasteiger partial charge in [-0.3, -0.25) is 43.5 Å². The van der Waals surface area contributed by atoms with Crippen LogP contribution in [-0.2, 0) is 43.2 Å². The van der Waals surface area contributed by atoms with Gasteiger partial charge in [-0.1, -0.05) is 0 Å². The minimum absolute atomic E-state index is 0. The molecule has 0 aliphatic heterocycles. The Morgan fingerprint density at radius 2 is 0.511 bits per heavy atom. The summed E-state index contributed by atoms with van der Waals surface area (Å²) in [5.41, 5.74) is 0. The van der Waals surface area contributed by atoms with E-state index in [4.69, 9.17) is 30.6 Å². The van der Waals surface area contributed by atoms with Crippen LogP contribution in [0, 0.1) is 0 Å². The molecule has 3 atom stereocenters. The second-order valence-corrected chi connectivity index (χ2v) is 8.06. The summed E-state index contributed by atoms with van der Waals surface area (Å²) in [6.07, 6.45) is 0. The van der Waals surface area contributed by atoms with Crippen LogP contribution in [0.1, 0.15) is 20.8 Å². The van der Waals surface area contributed by atoms with E-state index in [1.807, 2.05) is 0 Å². The number of aliphatic carboxylic acids is 9. The van der Waals surface area contributed by atoms with Gasteiger partial charge in [-0.15, -0.1) is 0 Å². The monoisotopic (exact) mass is 681 g/mol. The van der Waals surface area contributed by atoms with Gasteiger partial charge in [-0.2, -0.15) is 0 Å². The SMILES string of the molecule is CC(C(=O)[O-])N(CC(=O)O)CC(=O)O.CC(C(=O)[O-])N(CC(=O)O)CC(=O)O.CC(C(=O)[O-])N(CC(=O)O)CC(=O)O.[Na+].[Na+].[Na+]. The molecule has 0 fully saturated rings. The van der Waals surface area contributed by atoms with Gasteiger partial charge in [0.15, 0.2) is 0 Å². The molecule has 0 heterocycles. The van der Waals surface area contributed by atoms with Gasteiger partial charge >= 0.3 is 124 Å². The second kappa shape index (κ2) is 29.5. The number of rotatable bonds is 18. The number of carbonyl (C=O) groups is 9. The standard InChI is InChI=1S/3C7H11NO6.3Na/c3*1-4(7(13)14)8(2-5(9)10)3-6(11)12;;;/h3*4H,2-3H2,1H3,(H,9,10)(H,11,12)(H,13,14);;;/q;;;3*+1/p-3. The molecule has 0 aromatic heterocycles. The van der Waals surface area contributed by atoms with Crippen LogP contribution < -0.4 is 104 Å². The van der Waals surface area contributed by atoms with E-state index in [-0.39, 0.29) is 88.7 Å². The Kier molecular flexibility index (Phi) is 36.4. The first-order valence-corrected chi connectivity index (χ1v) is 11.2. The van der Waals surface area contributed by atoms with Crippen LogP contribution in [0.15, 0.2) is 0 Å². The molecule has 0 rings (SSSR count). The molecular formula is C21H30N3Na3O18. The van der Waals surface area contributed by atoms with Gasteiger partial charge in [0.05, 0.1) is 57.2 Å². The summed E-state index contributed by atoms with van der Waals surface area (Å²) < 4.78 is 0. The molecule has 240 valence electrons. The van der Waals surface area contributed by atoms with Crippen molar-refractivity contribution in [1.82, 2.24) is 14.7 Å². The second-order valence-electron chi connectivity index (χ2n) is 8.06. The molecule has 3 unspecified atom stereocenters. The van der Waals surface area contributed by atoms with Gasteiger partial charge in [-0.25, -0.2) is 0 Å². The van der Waals surface area contributed by atoms with Gasteiger partial charge in [0.1, 0.15) is 0 Å². The van der Waals surface area contributed by atoms with E-state index in [1.165, 1.54) is 20.8 Å². The molecule has 0 spiro atoms. The van der Waals surface area contributed by atoms with E-state index in [2.05, 4.69) is 0 Å². The number of carboxylic acid groups (broad SMARTS) is 9. The fourth-order valence-electron chi connectivity index (χ4n) is 2.48. The molecule has 0 bridgehead atoms. The maximum Gasteiger partial charge on any atom is 1.00 e. The van der Waals surface area contributed by atoms with Crippen molar-refractivity contribution in [2.45, 2.75) is 38.9 Å². The van der Waals surface area contributed by atoms with Crippen LogP contribution in [0.3, 0.4) is 0 Å². The zero-order valence-corrected chi connectivity index (χ0v) is 31.4. The third-order valence-corrected chi connectivity index (χ3v) is 4.70. The van der Waals surface area contributed by atoms with Gasteiger partial charge in [0.25, 0.3) is 0 Å². The molecule has 21 nitrogen and oxygen atoms in total. The number of hydrogen-bond donors (Lipinski definition) is 6. The summed E-state index contributed by atoms with van der Waals surface area (Å²) in [4.78, 5) is 95.1. The summed E-state index contributed by atoms with van der Waals surface area (Å²) in [5.74, 6) is -12.3. The third kappa shape index (κ3) is 31.9. The van der Waals surface area contributed by atoms with E-state index >= 15 is 0 Å². The first-order valence-electron chi connectivity index (χ1n) is 11.2. The Morgan fingerprint density at radius 3 is 0.578 bits per heavy atom. The van der Waals surface area contributed by atoms with Crippen molar-refractivity contribution in [1.29, 1.82) is 0 Å². The molecule has 45 heavy (non-hydrogen) atoms. The average Bonchev–Trinajstić information content (AvgIpc) is 2.80. The first-order chi connectivity index (χ1) is 19.0. The van der Waals surface area contributed by atoms with Gasteiger partial charge in [-0.05, 0) is 20.8 Å². The molecule has 0 aliphatic carbocycles. The topological polar surface area (TPSA) is 354 Å². The first kappa shape index (κ1) is 55.5. The van der Waals surface area contributed by atoms with E-state index < -0.39 is 111 Å². The van der Waals surface area contributed by atoms with E-state index in [0.717, 1.165) is 14.7 Å². The average molecular weight is 681 g/mol. The molecule has 0 saturated carbocycles. The van der Waals surface area contributed by atoms with Crippen molar-refractivity contribution in [2.75, 3.05) is 39.3 Å². The molecule has 0 aromatic carbocycles. The van der Waals surface area contributed by atoms with Crippen LogP contribution in [-0.4, -0.2) is 156 Å². The van der Waals surface area contributed by atoms with Crippen molar-refractivity contribution < 1.29 is 178 Å². The minimum atomic E-state index is -1.51. The molecule has 0 aliphatic rings. The van der Waals surface area contributed by atoms with E-state index in [9.17, 15) is 58.5 Å². The van der Waals surface area contributed by atoms with Crippen LogP contribution in [0.5, 0.6) is 0 Å². The number of carbonyl (C=O) groups excluding carboxylic acids is 3. The molecule has 0 radical (unpaired) electrons. The molecular weight excluding hydrogens is 651 g/mol. The summed E-state index contributed by atoms with van der Waals surface area (Å²) >= 11 is 0. The van der Waals surface area contributed by atoms with Gasteiger partial charge < -0.3 is 60.3 Å². The Labute approximate surface area is 321 Å². The Morgan fingerprint density at radius 1 is 0.400 bits per heavy atom. The van der Waals surface area contributed by atoms with Crippen LogP contribution in [0.4, 0.5) is 0 Å². The fraction of sp³-hybridized carbons (Fsp3) is 0.571. The molecule has 0 aromatic rings. The summed E-state index contributed by atoms with van der Waals surface area (Å²) in [6, 6.07) is -3.74. The van der Waals surface area contributed by atoms with Crippen molar-refractivity contribution in [3.63, 3.8) is 0 Å². The Balaban J connectivity index is -0.000000123. The summed E-state index contributed by atoms with van der Waals surface area (Å²) in [7, 11) is 0. The zero-order chi connectivity index (χ0) is 33.9. The molecule has 24 heteroatoms. The molecule has 0 saturated heterocycles. The van der Waals surface area contributed by atoms with E-state index in [0.29, 0.717) is 0 Å². The molecule has 6 N–H and O–H groups in total. The van der Waals surface area contributed by atoms with Gasteiger partial charge in [0, 0.05) is 18.1 Å². The number of nitrogens with zero attached hydrogens (tertiary/aromatic N) is 3. The zero-order valence-electron chi connectivity index (χ0n) is 25.4. The summed E-state index contributed by atoms with van der Waals surface area (Å²) in [6.45, 7) is -0.404. The molecule has 0 amide bonds. The Bertz CT molecular complexity index is 843. The maximum absolute atomic E-state index is 10.4. The normalized spacial score (nSPS) is 11.6. The minimum Gasteiger partial charge on any atom is -0.548 e. The number of carboxylic acids is 9. The van der Waals surface area contributed by atoms with Crippen molar-refractivity contribution in [2.24, 2.45) is 0 Å². The number of hydrogen-bond acceptors (Lipinski definition) is 15. The van der Waals surface area contributed by atoms with E-state index in [1.54, 1.807) is 0 Å². The summed E-state index contributed by atoms with van der Waals surface area (Å²) in [5, 5.41) is 81.4. The Hall–Kier alpha value is -1.89. The van der Waals surface area contributed by atoms with Crippen LogP contribution in [0.2, 0.25) is 0 Å². The van der Waals surface area contributed by atoms with Gasteiger partial charge in [0.2, 0.25) is 0 Å². The van der Waals surface area contributed by atoms with Crippen molar-refractivity contribution in [3.8, 4) is 0 Å². The van der Waals surface area contributed by atoms with Crippen molar-refractivity contribution >= 4 is 53.7 Å².